The summed E-state index contributed by atoms with van der Waals surface area (Å²) in [5.74, 6) is -0.157. The summed E-state index contributed by atoms with van der Waals surface area (Å²) in [6.45, 7) is 5.82. The lowest BCUT2D eigenvalue weighted by Crippen LogP contribution is -2.21. The van der Waals surface area contributed by atoms with Crippen LogP contribution in [-0.2, 0) is 9.53 Å². The first-order chi connectivity index (χ1) is 6.61. The van der Waals surface area contributed by atoms with Crippen LogP contribution >= 0.6 is 0 Å². The minimum absolute atomic E-state index is 0.00806. The van der Waals surface area contributed by atoms with Gasteiger partial charge in [0.05, 0.1) is 12.0 Å². The molecule has 0 saturated heterocycles. The second kappa shape index (κ2) is 7.80. The molecular formula is C11H22O3. The van der Waals surface area contributed by atoms with E-state index in [0.29, 0.717) is 0 Å². The first kappa shape index (κ1) is 13.4. The maximum atomic E-state index is 11.5. The summed E-state index contributed by atoms with van der Waals surface area (Å²) >= 11 is 0. The van der Waals surface area contributed by atoms with E-state index in [1.54, 1.807) is 6.92 Å². The Labute approximate surface area is 86.5 Å². The number of unbranched alkanes of at least 4 members (excludes halogenated alkanes) is 1. The van der Waals surface area contributed by atoms with Crippen LogP contribution in [0.1, 0.15) is 46.5 Å². The van der Waals surface area contributed by atoms with Gasteiger partial charge in [0.25, 0.3) is 0 Å². The lowest BCUT2D eigenvalue weighted by Gasteiger charge is -2.14. The molecule has 0 aromatic heterocycles. The van der Waals surface area contributed by atoms with Crippen molar-refractivity contribution in [3.05, 3.63) is 0 Å². The second-order valence-corrected chi connectivity index (χ2v) is 3.73. The van der Waals surface area contributed by atoms with Crippen LogP contribution in [0.2, 0.25) is 0 Å². The molecule has 0 amide bonds. The van der Waals surface area contributed by atoms with Crippen LogP contribution in [0.15, 0.2) is 0 Å². The fourth-order valence-corrected chi connectivity index (χ4v) is 1.26. The van der Waals surface area contributed by atoms with E-state index in [9.17, 15) is 4.79 Å². The van der Waals surface area contributed by atoms with Crippen LogP contribution in [0.5, 0.6) is 0 Å². The molecule has 84 valence electrons. The van der Waals surface area contributed by atoms with Crippen molar-refractivity contribution in [2.45, 2.75) is 52.6 Å². The van der Waals surface area contributed by atoms with Gasteiger partial charge in [-0.05, 0) is 19.8 Å². The molecule has 14 heavy (non-hydrogen) atoms. The number of aliphatic hydroxyl groups is 1. The molecule has 0 saturated carbocycles. The number of hydrogen-bond donors (Lipinski definition) is 1. The molecule has 0 bridgehead atoms. The average molecular weight is 202 g/mol. The standard InChI is InChI=1S/C11H22O3/c1-4-6-7-10(5-2)11(13)14-8-9(3)12/h9-10,12H,4-8H2,1-3H3/t9-,10-/m0/s1. The van der Waals surface area contributed by atoms with Crippen LogP contribution in [0.25, 0.3) is 0 Å². The maximum absolute atomic E-state index is 11.5. The van der Waals surface area contributed by atoms with Gasteiger partial charge in [-0.2, -0.15) is 0 Å². The number of esters is 1. The molecule has 0 aliphatic rings. The molecule has 0 aromatic carbocycles. The van der Waals surface area contributed by atoms with Gasteiger partial charge < -0.3 is 9.84 Å². The minimum Gasteiger partial charge on any atom is -0.463 e. The third kappa shape index (κ3) is 5.97. The Morgan fingerprint density at radius 3 is 2.50 bits per heavy atom. The molecule has 0 aromatic rings. The highest BCUT2D eigenvalue weighted by Gasteiger charge is 2.17. The lowest BCUT2D eigenvalue weighted by molar-refractivity contribution is -0.151. The van der Waals surface area contributed by atoms with Gasteiger partial charge in [-0.1, -0.05) is 26.7 Å². The topological polar surface area (TPSA) is 46.5 Å². The monoisotopic (exact) mass is 202 g/mol. The summed E-state index contributed by atoms with van der Waals surface area (Å²) in [6, 6.07) is 0. The molecule has 3 nitrogen and oxygen atoms in total. The predicted molar refractivity (Wildman–Crippen MR) is 55.9 cm³/mol. The first-order valence-electron chi connectivity index (χ1n) is 5.46. The van der Waals surface area contributed by atoms with Gasteiger partial charge in [-0.3, -0.25) is 4.79 Å². The normalized spacial score (nSPS) is 14.9. The van der Waals surface area contributed by atoms with Crippen molar-refractivity contribution in [3.63, 3.8) is 0 Å². The van der Waals surface area contributed by atoms with E-state index in [0.717, 1.165) is 25.7 Å². The molecule has 0 rings (SSSR count). The van der Waals surface area contributed by atoms with Crippen molar-refractivity contribution in [1.82, 2.24) is 0 Å². The molecule has 3 heteroatoms. The Hall–Kier alpha value is -0.570. The van der Waals surface area contributed by atoms with Crippen LogP contribution < -0.4 is 0 Å². The van der Waals surface area contributed by atoms with E-state index < -0.39 is 6.10 Å². The summed E-state index contributed by atoms with van der Waals surface area (Å²) < 4.78 is 4.96. The quantitative estimate of drug-likeness (QED) is 0.643. The van der Waals surface area contributed by atoms with Crippen molar-refractivity contribution in [3.8, 4) is 0 Å². The molecule has 0 unspecified atom stereocenters. The van der Waals surface area contributed by atoms with Crippen molar-refractivity contribution >= 4 is 5.97 Å². The van der Waals surface area contributed by atoms with Crippen LogP contribution in [0.4, 0.5) is 0 Å². The van der Waals surface area contributed by atoms with Crippen LogP contribution in [-0.4, -0.2) is 23.8 Å². The fourth-order valence-electron chi connectivity index (χ4n) is 1.26. The number of carbonyl (C=O) groups excluding carboxylic acids is 1. The summed E-state index contributed by atoms with van der Waals surface area (Å²) in [6.07, 6.45) is 3.30. The van der Waals surface area contributed by atoms with E-state index in [-0.39, 0.29) is 18.5 Å². The summed E-state index contributed by atoms with van der Waals surface area (Å²) in [5, 5.41) is 8.95. The predicted octanol–water partition coefficient (Wildman–Crippen LogP) is 2.13. The zero-order chi connectivity index (χ0) is 11.0. The second-order valence-electron chi connectivity index (χ2n) is 3.73. The van der Waals surface area contributed by atoms with Crippen molar-refractivity contribution < 1.29 is 14.6 Å². The highest BCUT2D eigenvalue weighted by atomic mass is 16.5. The zero-order valence-electron chi connectivity index (χ0n) is 9.45. The zero-order valence-corrected chi connectivity index (χ0v) is 9.45. The minimum atomic E-state index is -0.567. The Morgan fingerprint density at radius 2 is 2.07 bits per heavy atom. The fraction of sp³-hybridized carbons (Fsp3) is 0.909. The van der Waals surface area contributed by atoms with E-state index in [2.05, 4.69) is 6.92 Å². The van der Waals surface area contributed by atoms with Crippen LogP contribution in [0.3, 0.4) is 0 Å². The largest absolute Gasteiger partial charge is 0.463 e. The third-order valence-corrected chi connectivity index (χ3v) is 2.20. The summed E-state index contributed by atoms with van der Waals surface area (Å²) in [4.78, 5) is 11.5. The third-order valence-electron chi connectivity index (χ3n) is 2.20. The van der Waals surface area contributed by atoms with Gasteiger partial charge in [0.2, 0.25) is 0 Å². The van der Waals surface area contributed by atoms with Gasteiger partial charge in [0.1, 0.15) is 6.61 Å². The smallest absolute Gasteiger partial charge is 0.309 e. The maximum Gasteiger partial charge on any atom is 0.309 e. The van der Waals surface area contributed by atoms with Gasteiger partial charge >= 0.3 is 5.97 Å². The first-order valence-corrected chi connectivity index (χ1v) is 5.46. The van der Waals surface area contributed by atoms with Crippen molar-refractivity contribution in [2.75, 3.05) is 6.61 Å². The molecule has 0 spiro atoms. The molecule has 0 aliphatic heterocycles. The lowest BCUT2D eigenvalue weighted by atomic mass is 10.00. The number of rotatable bonds is 7. The van der Waals surface area contributed by atoms with E-state index in [4.69, 9.17) is 9.84 Å². The number of aliphatic hydroxyl groups excluding tert-OH is 1. The van der Waals surface area contributed by atoms with Crippen molar-refractivity contribution in [1.29, 1.82) is 0 Å². The number of carbonyl (C=O) groups is 1. The van der Waals surface area contributed by atoms with Gasteiger partial charge in [-0.15, -0.1) is 0 Å². The van der Waals surface area contributed by atoms with Gasteiger partial charge in [-0.25, -0.2) is 0 Å². The van der Waals surface area contributed by atoms with E-state index in [1.807, 2.05) is 6.92 Å². The Bertz CT molecular complexity index is 155. The molecule has 0 radical (unpaired) electrons. The van der Waals surface area contributed by atoms with Crippen LogP contribution in [0, 0.1) is 5.92 Å². The molecule has 0 aliphatic carbocycles. The molecule has 1 N–H and O–H groups in total. The average Bonchev–Trinajstić information content (AvgIpc) is 2.16. The Balaban J connectivity index is 3.79. The van der Waals surface area contributed by atoms with Crippen molar-refractivity contribution in [2.24, 2.45) is 5.92 Å². The van der Waals surface area contributed by atoms with E-state index in [1.165, 1.54) is 0 Å². The molecule has 2 atom stereocenters. The summed E-state index contributed by atoms with van der Waals surface area (Å²) in [7, 11) is 0. The number of ether oxygens (including phenoxy) is 1. The molecule has 0 fully saturated rings. The van der Waals surface area contributed by atoms with Gasteiger partial charge in [0.15, 0.2) is 0 Å². The highest BCUT2D eigenvalue weighted by Crippen LogP contribution is 2.14. The SMILES string of the molecule is CCCC[C@H](CC)C(=O)OC[C@H](C)O. The number of hydrogen-bond acceptors (Lipinski definition) is 3. The van der Waals surface area contributed by atoms with Gasteiger partial charge in [0, 0.05) is 0 Å². The summed E-state index contributed by atoms with van der Waals surface area (Å²) in [5.41, 5.74) is 0. The Morgan fingerprint density at radius 1 is 1.43 bits per heavy atom. The molecule has 0 heterocycles. The highest BCUT2D eigenvalue weighted by molar-refractivity contribution is 5.72. The molecular weight excluding hydrogens is 180 g/mol. The Kier molecular flexibility index (Phi) is 7.48. The van der Waals surface area contributed by atoms with E-state index >= 15 is 0 Å².